The van der Waals surface area contributed by atoms with Crippen LogP contribution in [0.1, 0.15) is 15.9 Å². The third kappa shape index (κ3) is 2.99. The molecule has 0 saturated heterocycles. The van der Waals surface area contributed by atoms with E-state index in [2.05, 4.69) is 15.3 Å². The first kappa shape index (κ1) is 12.8. The lowest BCUT2D eigenvalue weighted by atomic mass is 10.1. The van der Waals surface area contributed by atoms with Gasteiger partial charge >= 0.3 is 0 Å². The van der Waals surface area contributed by atoms with E-state index in [0.717, 1.165) is 10.9 Å². The Kier molecular flexibility index (Phi) is 3.62. The van der Waals surface area contributed by atoms with Crippen molar-refractivity contribution in [1.29, 1.82) is 0 Å². The summed E-state index contributed by atoms with van der Waals surface area (Å²) >= 11 is 4.86. The Balaban J connectivity index is 2.31. The van der Waals surface area contributed by atoms with Crippen LogP contribution in [0.3, 0.4) is 0 Å². The summed E-state index contributed by atoms with van der Waals surface area (Å²) in [5.41, 5.74) is 0.213. The second-order valence-electron chi connectivity index (χ2n) is 3.48. The number of hydrogen-bond donors (Lipinski definition) is 1. The summed E-state index contributed by atoms with van der Waals surface area (Å²) < 4.78 is 1.03. The minimum Gasteiger partial charge on any atom is -0.545 e. The molecule has 1 heterocycles. The smallest absolute Gasteiger partial charge is 0.293 e. The van der Waals surface area contributed by atoms with Gasteiger partial charge in [0.15, 0.2) is 0 Å². The number of aromatic nitrogens is 3. The molecule has 0 aliphatic rings. The Morgan fingerprint density at radius 3 is 2.68 bits per heavy atom. The molecular formula is C11H7N4O3S-. The molecule has 0 aliphatic heterocycles. The zero-order valence-corrected chi connectivity index (χ0v) is 10.3. The molecule has 0 spiro atoms. The molecule has 1 aromatic carbocycles. The average molecular weight is 275 g/mol. The van der Waals surface area contributed by atoms with E-state index < -0.39 is 11.5 Å². The molecule has 0 radical (unpaired) electrons. The van der Waals surface area contributed by atoms with Crippen molar-refractivity contribution in [2.24, 2.45) is 5.10 Å². The highest BCUT2D eigenvalue weighted by Gasteiger charge is 1.96. The fraction of sp³-hybridized carbons (Fsp3) is 0. The van der Waals surface area contributed by atoms with Crippen LogP contribution in [-0.4, -0.2) is 27.1 Å². The first-order valence-corrected chi connectivity index (χ1v) is 5.51. The lowest BCUT2D eigenvalue weighted by Crippen LogP contribution is -2.22. The standard InChI is InChI=1S/C11H8N4O3S/c16-9-6-12-14-11(19)15(9)13-5-7-1-3-8(4-2-7)10(17)18/h1-6H,(H,14,19)(H,17,18)/p-1/b13-5-. The third-order valence-electron chi connectivity index (χ3n) is 2.20. The van der Waals surface area contributed by atoms with Crippen LogP contribution in [0.4, 0.5) is 0 Å². The van der Waals surface area contributed by atoms with E-state index in [1.54, 1.807) is 0 Å². The Hall–Kier alpha value is -2.61. The van der Waals surface area contributed by atoms with Crippen molar-refractivity contribution in [2.45, 2.75) is 0 Å². The molecule has 1 aromatic heterocycles. The molecular weight excluding hydrogens is 268 g/mol. The number of aromatic carboxylic acids is 1. The highest BCUT2D eigenvalue weighted by molar-refractivity contribution is 7.71. The van der Waals surface area contributed by atoms with Gasteiger partial charge in [0.1, 0.15) is 6.20 Å². The number of aromatic amines is 1. The third-order valence-corrected chi connectivity index (χ3v) is 2.47. The lowest BCUT2D eigenvalue weighted by molar-refractivity contribution is -0.255. The second kappa shape index (κ2) is 5.36. The van der Waals surface area contributed by atoms with Gasteiger partial charge in [0.25, 0.3) is 5.56 Å². The molecule has 19 heavy (non-hydrogen) atoms. The van der Waals surface area contributed by atoms with Crippen LogP contribution >= 0.6 is 12.2 Å². The average Bonchev–Trinajstić information content (AvgIpc) is 2.38. The van der Waals surface area contributed by atoms with Gasteiger partial charge in [-0.3, -0.25) is 9.89 Å². The van der Waals surface area contributed by atoms with Gasteiger partial charge in [0.05, 0.1) is 12.2 Å². The van der Waals surface area contributed by atoms with E-state index in [9.17, 15) is 14.7 Å². The number of nitrogens with zero attached hydrogens (tertiary/aromatic N) is 3. The zero-order valence-electron chi connectivity index (χ0n) is 9.44. The summed E-state index contributed by atoms with van der Waals surface area (Å²) in [5, 5.41) is 20.4. The van der Waals surface area contributed by atoms with E-state index in [-0.39, 0.29) is 10.3 Å². The first-order chi connectivity index (χ1) is 9.08. The summed E-state index contributed by atoms with van der Waals surface area (Å²) in [6, 6.07) is 5.83. The summed E-state index contributed by atoms with van der Waals surface area (Å²) in [4.78, 5) is 22.0. The van der Waals surface area contributed by atoms with Crippen LogP contribution in [0.15, 0.2) is 40.4 Å². The highest BCUT2D eigenvalue weighted by atomic mass is 32.1. The van der Waals surface area contributed by atoms with Gasteiger partial charge < -0.3 is 9.90 Å². The maximum Gasteiger partial charge on any atom is 0.293 e. The van der Waals surface area contributed by atoms with Crippen LogP contribution in [0.2, 0.25) is 0 Å². The van der Waals surface area contributed by atoms with E-state index >= 15 is 0 Å². The van der Waals surface area contributed by atoms with Gasteiger partial charge in [0.2, 0.25) is 4.77 Å². The van der Waals surface area contributed by atoms with Gasteiger partial charge in [-0.05, 0) is 23.3 Å². The number of benzene rings is 1. The Labute approximate surface area is 111 Å². The van der Waals surface area contributed by atoms with Gasteiger partial charge in [-0.25, -0.2) is 0 Å². The molecule has 1 N–H and O–H groups in total. The van der Waals surface area contributed by atoms with Crippen LogP contribution in [0.5, 0.6) is 0 Å². The SMILES string of the molecule is O=C([O-])c1ccc(/C=N\n2c(=O)cn[nH]c2=S)cc1. The van der Waals surface area contributed by atoms with Crippen LogP contribution in [-0.2, 0) is 0 Å². The normalized spacial score (nSPS) is 10.7. The molecule has 96 valence electrons. The Morgan fingerprint density at radius 1 is 1.42 bits per heavy atom. The van der Waals surface area contributed by atoms with Gasteiger partial charge in [-0.1, -0.05) is 24.3 Å². The minimum absolute atomic E-state index is 0.0649. The second-order valence-corrected chi connectivity index (χ2v) is 3.87. The van der Waals surface area contributed by atoms with Crippen molar-refractivity contribution in [3.63, 3.8) is 0 Å². The maximum absolute atomic E-state index is 11.4. The maximum atomic E-state index is 11.4. The minimum atomic E-state index is -1.25. The number of hydrogen-bond acceptors (Lipinski definition) is 6. The first-order valence-electron chi connectivity index (χ1n) is 5.10. The summed E-state index contributed by atoms with van der Waals surface area (Å²) in [7, 11) is 0. The van der Waals surface area contributed by atoms with E-state index in [1.165, 1.54) is 30.5 Å². The predicted molar refractivity (Wildman–Crippen MR) is 67.4 cm³/mol. The number of nitrogens with one attached hydrogen (secondary N) is 1. The highest BCUT2D eigenvalue weighted by Crippen LogP contribution is 2.01. The number of rotatable bonds is 3. The van der Waals surface area contributed by atoms with Crippen LogP contribution < -0.4 is 10.7 Å². The molecule has 0 aliphatic carbocycles. The van der Waals surface area contributed by atoms with Crippen LogP contribution in [0.25, 0.3) is 0 Å². The Morgan fingerprint density at radius 2 is 2.11 bits per heavy atom. The molecule has 0 saturated carbocycles. The molecule has 7 nitrogen and oxygen atoms in total. The lowest BCUT2D eigenvalue weighted by Gasteiger charge is -2.01. The molecule has 0 bridgehead atoms. The van der Waals surface area contributed by atoms with E-state index in [1.807, 2.05) is 0 Å². The monoisotopic (exact) mass is 275 g/mol. The summed E-state index contributed by atoms with van der Waals surface area (Å²) in [6.45, 7) is 0. The van der Waals surface area contributed by atoms with Crippen molar-refractivity contribution in [2.75, 3.05) is 0 Å². The van der Waals surface area contributed by atoms with Crippen molar-refractivity contribution in [3.05, 3.63) is 56.7 Å². The van der Waals surface area contributed by atoms with Gasteiger partial charge in [-0.2, -0.15) is 14.9 Å². The van der Waals surface area contributed by atoms with E-state index in [0.29, 0.717) is 5.56 Å². The molecule has 8 heteroatoms. The zero-order chi connectivity index (χ0) is 13.8. The number of carbonyl (C=O) groups is 1. The van der Waals surface area contributed by atoms with Gasteiger partial charge in [0, 0.05) is 0 Å². The van der Waals surface area contributed by atoms with E-state index in [4.69, 9.17) is 12.2 Å². The number of H-pyrrole nitrogens is 1. The molecule has 2 aromatic rings. The van der Waals surface area contributed by atoms with Crippen molar-refractivity contribution < 1.29 is 9.90 Å². The fourth-order valence-electron chi connectivity index (χ4n) is 1.28. The molecule has 0 amide bonds. The molecule has 0 fully saturated rings. The quantitative estimate of drug-likeness (QED) is 0.603. The van der Waals surface area contributed by atoms with Crippen molar-refractivity contribution in [3.8, 4) is 0 Å². The Bertz CT molecular complexity index is 717. The number of carbonyl (C=O) groups excluding carboxylic acids is 1. The predicted octanol–water partition coefficient (Wildman–Crippen LogP) is -0.453. The fourth-order valence-corrected chi connectivity index (χ4v) is 1.47. The van der Waals surface area contributed by atoms with Crippen molar-refractivity contribution in [1.82, 2.24) is 14.9 Å². The van der Waals surface area contributed by atoms with Crippen molar-refractivity contribution >= 4 is 24.4 Å². The number of carboxylic acid groups (broad SMARTS) is 1. The molecule has 0 atom stereocenters. The van der Waals surface area contributed by atoms with Crippen LogP contribution in [0, 0.1) is 4.77 Å². The van der Waals surface area contributed by atoms with Gasteiger partial charge in [-0.15, -0.1) is 0 Å². The number of carboxylic acids is 1. The molecule has 0 unspecified atom stereocenters. The molecule has 2 rings (SSSR count). The largest absolute Gasteiger partial charge is 0.545 e. The summed E-state index contributed by atoms with van der Waals surface area (Å²) in [5.74, 6) is -1.25. The summed E-state index contributed by atoms with van der Waals surface area (Å²) in [6.07, 6.45) is 2.43. The topological polar surface area (TPSA) is 103 Å².